The molecule has 0 amide bonds. The number of Topliss-reactive ketones (excluding diaryl/α,β-unsaturated/α-hetero) is 1. The van der Waals surface area contributed by atoms with Gasteiger partial charge >= 0.3 is 12.1 Å². The number of carbonyl (C=O) groups excluding carboxylic acids is 2. The maximum Gasteiger partial charge on any atom is 0.416 e. The third-order valence-electron chi connectivity index (χ3n) is 3.53. The van der Waals surface area contributed by atoms with E-state index in [1.54, 1.807) is 12.1 Å². The summed E-state index contributed by atoms with van der Waals surface area (Å²) in [7, 11) is 2.55. The predicted octanol–water partition coefficient (Wildman–Crippen LogP) is 4.15. The van der Waals surface area contributed by atoms with E-state index in [1.165, 1.54) is 37.5 Å². The Labute approximate surface area is 147 Å². The highest BCUT2D eigenvalue weighted by molar-refractivity contribution is 6.26. The summed E-state index contributed by atoms with van der Waals surface area (Å²) >= 11 is 0. The molecule has 7 heteroatoms. The fourth-order valence-electron chi connectivity index (χ4n) is 2.18. The fraction of sp³-hybridized carbons (Fsp3) is 0.158. The van der Waals surface area contributed by atoms with Crippen LogP contribution in [-0.2, 0) is 15.7 Å². The molecular weight excluding hydrogens is 349 g/mol. The standard InChI is InChI=1S/C19H15F3O4/c1-25-15-5-3-4-13(11-15)17(23)16(18(24)26-2)10-12-6-8-14(9-7-12)19(20,21)22/h3-11H,1-2H3. The minimum atomic E-state index is -4.47. The summed E-state index contributed by atoms with van der Waals surface area (Å²) in [5.74, 6) is -1.09. The quantitative estimate of drug-likeness (QED) is 0.263. The first kappa shape index (κ1) is 19.2. The lowest BCUT2D eigenvalue weighted by atomic mass is 10.00. The molecule has 0 bridgehead atoms. The molecule has 0 heterocycles. The lowest BCUT2D eigenvalue weighted by molar-refractivity contribution is -0.137. The number of halogens is 3. The second kappa shape index (κ2) is 7.86. The molecule has 0 aromatic heterocycles. The molecule has 0 unspecified atom stereocenters. The molecule has 2 aromatic carbocycles. The number of benzene rings is 2. The van der Waals surface area contributed by atoms with Crippen LogP contribution < -0.4 is 4.74 Å². The molecule has 0 aliphatic rings. The van der Waals surface area contributed by atoms with Gasteiger partial charge in [0.2, 0.25) is 0 Å². The second-order valence-electron chi connectivity index (χ2n) is 5.23. The zero-order valence-electron chi connectivity index (χ0n) is 14.0. The highest BCUT2D eigenvalue weighted by atomic mass is 19.4. The van der Waals surface area contributed by atoms with Gasteiger partial charge in [-0.05, 0) is 35.9 Å². The van der Waals surface area contributed by atoms with Gasteiger partial charge in [0.15, 0.2) is 5.78 Å². The Morgan fingerprint density at radius 1 is 1.00 bits per heavy atom. The number of ether oxygens (including phenoxy) is 2. The summed E-state index contributed by atoms with van der Waals surface area (Å²) in [5, 5.41) is 0. The van der Waals surface area contributed by atoms with Gasteiger partial charge in [-0.2, -0.15) is 13.2 Å². The van der Waals surface area contributed by atoms with E-state index < -0.39 is 23.5 Å². The minimum Gasteiger partial charge on any atom is -0.497 e. The fourth-order valence-corrected chi connectivity index (χ4v) is 2.18. The van der Waals surface area contributed by atoms with Gasteiger partial charge < -0.3 is 9.47 Å². The highest BCUT2D eigenvalue weighted by Gasteiger charge is 2.30. The minimum absolute atomic E-state index is 0.188. The lowest BCUT2D eigenvalue weighted by Crippen LogP contribution is -2.15. The van der Waals surface area contributed by atoms with Crippen LogP contribution in [0, 0.1) is 0 Å². The molecule has 0 fully saturated rings. The number of hydrogen-bond acceptors (Lipinski definition) is 4. The molecule has 0 saturated heterocycles. The summed E-state index contributed by atoms with van der Waals surface area (Å²) in [5.41, 5.74) is -0.684. The van der Waals surface area contributed by atoms with E-state index in [-0.39, 0.29) is 16.7 Å². The van der Waals surface area contributed by atoms with E-state index in [4.69, 9.17) is 4.74 Å². The third-order valence-corrected chi connectivity index (χ3v) is 3.53. The molecule has 0 saturated carbocycles. The number of methoxy groups -OCH3 is 2. The Balaban J connectivity index is 2.42. The number of alkyl halides is 3. The Hall–Kier alpha value is -3.09. The van der Waals surface area contributed by atoms with Crippen molar-refractivity contribution in [2.45, 2.75) is 6.18 Å². The average Bonchev–Trinajstić information content (AvgIpc) is 2.64. The molecule has 0 aliphatic heterocycles. The van der Waals surface area contributed by atoms with Crippen LogP contribution in [0.2, 0.25) is 0 Å². The van der Waals surface area contributed by atoms with Gasteiger partial charge in [0, 0.05) is 5.56 Å². The van der Waals surface area contributed by atoms with Crippen molar-refractivity contribution in [1.29, 1.82) is 0 Å². The van der Waals surface area contributed by atoms with Crippen molar-refractivity contribution in [3.05, 3.63) is 70.8 Å². The smallest absolute Gasteiger partial charge is 0.416 e. The van der Waals surface area contributed by atoms with Gasteiger partial charge in [0.25, 0.3) is 0 Å². The van der Waals surface area contributed by atoms with Crippen LogP contribution in [0.4, 0.5) is 13.2 Å². The van der Waals surface area contributed by atoms with E-state index in [0.717, 1.165) is 19.2 Å². The zero-order chi connectivity index (χ0) is 19.3. The highest BCUT2D eigenvalue weighted by Crippen LogP contribution is 2.29. The van der Waals surface area contributed by atoms with Crippen molar-refractivity contribution in [2.24, 2.45) is 0 Å². The molecule has 0 N–H and O–H groups in total. The van der Waals surface area contributed by atoms with Gasteiger partial charge in [0.1, 0.15) is 11.3 Å². The monoisotopic (exact) mass is 364 g/mol. The summed E-state index contributed by atoms with van der Waals surface area (Å²) in [6.07, 6.45) is -3.28. The largest absolute Gasteiger partial charge is 0.497 e. The van der Waals surface area contributed by atoms with Gasteiger partial charge in [-0.15, -0.1) is 0 Å². The number of carbonyl (C=O) groups is 2. The zero-order valence-corrected chi connectivity index (χ0v) is 14.0. The molecule has 136 valence electrons. The molecule has 2 rings (SSSR count). The maximum absolute atomic E-state index is 12.6. The van der Waals surface area contributed by atoms with Gasteiger partial charge in [-0.25, -0.2) is 4.79 Å². The van der Waals surface area contributed by atoms with Crippen molar-refractivity contribution >= 4 is 17.8 Å². The third kappa shape index (κ3) is 4.50. The van der Waals surface area contributed by atoms with Crippen molar-refractivity contribution in [3.63, 3.8) is 0 Å². The second-order valence-corrected chi connectivity index (χ2v) is 5.23. The molecule has 26 heavy (non-hydrogen) atoms. The van der Waals surface area contributed by atoms with Gasteiger partial charge in [-0.3, -0.25) is 4.79 Å². The van der Waals surface area contributed by atoms with Crippen LogP contribution in [0.25, 0.3) is 6.08 Å². The number of esters is 1. The molecule has 0 spiro atoms. The summed E-state index contributed by atoms with van der Waals surface area (Å²) in [6.45, 7) is 0. The van der Waals surface area contributed by atoms with E-state index in [0.29, 0.717) is 5.75 Å². The first-order valence-corrected chi connectivity index (χ1v) is 7.42. The Morgan fingerprint density at radius 2 is 1.65 bits per heavy atom. The van der Waals surface area contributed by atoms with Crippen LogP contribution in [0.1, 0.15) is 21.5 Å². The van der Waals surface area contributed by atoms with Crippen LogP contribution in [0.3, 0.4) is 0 Å². The van der Waals surface area contributed by atoms with E-state index >= 15 is 0 Å². The van der Waals surface area contributed by atoms with Crippen molar-refractivity contribution in [1.82, 2.24) is 0 Å². The normalized spacial score (nSPS) is 11.8. The molecular formula is C19H15F3O4. The summed E-state index contributed by atoms with van der Waals surface area (Å²) < 4.78 is 47.6. The Kier molecular flexibility index (Phi) is 5.82. The topological polar surface area (TPSA) is 52.6 Å². The SMILES string of the molecule is COC(=O)C(=Cc1ccc(C(F)(F)F)cc1)C(=O)c1cccc(OC)c1. The lowest BCUT2D eigenvalue weighted by Gasteiger charge is -2.08. The van der Waals surface area contributed by atoms with Crippen molar-refractivity contribution < 1.29 is 32.2 Å². The molecule has 0 radical (unpaired) electrons. The van der Waals surface area contributed by atoms with E-state index in [9.17, 15) is 22.8 Å². The number of rotatable bonds is 5. The Bertz CT molecular complexity index is 837. The molecule has 4 nitrogen and oxygen atoms in total. The predicted molar refractivity (Wildman–Crippen MR) is 88.8 cm³/mol. The first-order valence-electron chi connectivity index (χ1n) is 7.42. The van der Waals surface area contributed by atoms with Crippen LogP contribution >= 0.6 is 0 Å². The van der Waals surface area contributed by atoms with Crippen LogP contribution in [0.15, 0.2) is 54.1 Å². The van der Waals surface area contributed by atoms with E-state index in [2.05, 4.69) is 4.74 Å². The molecule has 2 aromatic rings. The first-order chi connectivity index (χ1) is 12.3. The van der Waals surface area contributed by atoms with Crippen LogP contribution in [-0.4, -0.2) is 26.0 Å². The Morgan fingerprint density at radius 3 is 2.19 bits per heavy atom. The summed E-state index contributed by atoms with van der Waals surface area (Å²) in [4.78, 5) is 24.6. The van der Waals surface area contributed by atoms with E-state index in [1.807, 2.05) is 0 Å². The van der Waals surface area contributed by atoms with Gasteiger partial charge in [-0.1, -0.05) is 24.3 Å². The molecule has 0 aliphatic carbocycles. The van der Waals surface area contributed by atoms with Crippen molar-refractivity contribution in [3.8, 4) is 5.75 Å². The number of ketones is 1. The van der Waals surface area contributed by atoms with Gasteiger partial charge in [0.05, 0.1) is 19.8 Å². The summed E-state index contributed by atoms with van der Waals surface area (Å²) in [6, 6.07) is 10.2. The van der Waals surface area contributed by atoms with Crippen molar-refractivity contribution in [2.75, 3.05) is 14.2 Å². The van der Waals surface area contributed by atoms with Crippen LogP contribution in [0.5, 0.6) is 5.75 Å². The molecule has 0 atom stereocenters. The maximum atomic E-state index is 12.6. The average molecular weight is 364 g/mol. The number of hydrogen-bond donors (Lipinski definition) is 0.